The van der Waals surface area contributed by atoms with Gasteiger partial charge in [-0.05, 0) is 43.2 Å². The van der Waals surface area contributed by atoms with Gasteiger partial charge in [-0.15, -0.1) is 0 Å². The van der Waals surface area contributed by atoms with Crippen LogP contribution in [0.25, 0.3) is 0 Å². The van der Waals surface area contributed by atoms with Crippen LogP contribution in [0.3, 0.4) is 0 Å². The predicted octanol–water partition coefficient (Wildman–Crippen LogP) is 4.62. The van der Waals surface area contributed by atoms with E-state index in [9.17, 15) is 4.79 Å². The first-order valence-corrected chi connectivity index (χ1v) is 11.9. The third kappa shape index (κ3) is 4.35. The molecule has 0 aliphatic carbocycles. The van der Waals surface area contributed by atoms with Gasteiger partial charge in [-0.2, -0.15) is 0 Å². The zero-order valence-electron chi connectivity index (χ0n) is 19.7. The lowest BCUT2D eigenvalue weighted by Gasteiger charge is -2.45. The summed E-state index contributed by atoms with van der Waals surface area (Å²) in [5.41, 5.74) is 4.31. The van der Waals surface area contributed by atoms with Crippen LogP contribution in [-0.4, -0.2) is 52.1 Å². The number of hydrogen-bond donors (Lipinski definition) is 0. The first-order valence-electron chi connectivity index (χ1n) is 11.9. The van der Waals surface area contributed by atoms with Crippen molar-refractivity contribution in [2.24, 2.45) is 7.05 Å². The highest BCUT2D eigenvalue weighted by molar-refractivity contribution is 5.97. The molecule has 1 saturated heterocycles. The number of ether oxygens (including phenoxy) is 1. The van der Waals surface area contributed by atoms with E-state index in [2.05, 4.69) is 77.9 Å². The molecule has 5 rings (SSSR count). The highest BCUT2D eigenvalue weighted by atomic mass is 16.5. The summed E-state index contributed by atoms with van der Waals surface area (Å²) in [6.07, 6.45) is 2.50. The Labute approximate surface area is 196 Å². The molecule has 1 aromatic heterocycles. The second kappa shape index (κ2) is 9.16. The molecule has 33 heavy (non-hydrogen) atoms. The molecular formula is C28H33N3O2. The van der Waals surface area contributed by atoms with Gasteiger partial charge in [0.15, 0.2) is 0 Å². The van der Waals surface area contributed by atoms with Crippen LogP contribution < -0.4 is 0 Å². The number of fused-ring (bicyclic) bond motifs is 1. The maximum Gasteiger partial charge on any atom is 0.255 e. The lowest BCUT2D eigenvalue weighted by Crippen LogP contribution is -2.50. The van der Waals surface area contributed by atoms with E-state index < -0.39 is 0 Å². The Morgan fingerprint density at radius 3 is 2.30 bits per heavy atom. The minimum atomic E-state index is -0.0407. The zero-order valence-corrected chi connectivity index (χ0v) is 19.7. The Hall–Kier alpha value is -2.89. The average molecular weight is 444 g/mol. The maximum absolute atomic E-state index is 13.9. The molecule has 0 spiro atoms. The van der Waals surface area contributed by atoms with Crippen molar-refractivity contribution in [1.82, 2.24) is 14.4 Å². The van der Waals surface area contributed by atoms with Crippen LogP contribution in [0.2, 0.25) is 0 Å². The summed E-state index contributed by atoms with van der Waals surface area (Å²) in [5, 5.41) is 0. The minimum Gasteiger partial charge on any atom is -0.373 e. The largest absolute Gasteiger partial charge is 0.373 e. The van der Waals surface area contributed by atoms with E-state index in [1.807, 2.05) is 30.3 Å². The summed E-state index contributed by atoms with van der Waals surface area (Å²) < 4.78 is 8.17. The van der Waals surface area contributed by atoms with Crippen molar-refractivity contribution in [3.8, 4) is 0 Å². The van der Waals surface area contributed by atoms with E-state index in [4.69, 9.17) is 4.74 Å². The molecule has 3 heterocycles. The van der Waals surface area contributed by atoms with E-state index in [0.717, 1.165) is 36.3 Å². The third-order valence-electron chi connectivity index (χ3n) is 7.00. The zero-order chi connectivity index (χ0) is 22.9. The van der Waals surface area contributed by atoms with E-state index in [0.29, 0.717) is 6.54 Å². The van der Waals surface area contributed by atoms with E-state index >= 15 is 0 Å². The Morgan fingerprint density at radius 2 is 1.61 bits per heavy atom. The third-order valence-corrected chi connectivity index (χ3v) is 7.00. The van der Waals surface area contributed by atoms with Crippen LogP contribution in [0.1, 0.15) is 53.0 Å². The number of morpholine rings is 1. The topological polar surface area (TPSA) is 37.7 Å². The van der Waals surface area contributed by atoms with Crippen molar-refractivity contribution in [3.63, 3.8) is 0 Å². The lowest BCUT2D eigenvalue weighted by molar-refractivity contribution is -0.0714. The number of carbonyl (C=O) groups is 1. The van der Waals surface area contributed by atoms with Crippen LogP contribution in [0.4, 0.5) is 0 Å². The molecule has 0 saturated carbocycles. The van der Waals surface area contributed by atoms with Gasteiger partial charge in [-0.25, -0.2) is 0 Å². The van der Waals surface area contributed by atoms with E-state index in [-0.39, 0.29) is 30.1 Å². The van der Waals surface area contributed by atoms with Gasteiger partial charge >= 0.3 is 0 Å². The van der Waals surface area contributed by atoms with Gasteiger partial charge in [0, 0.05) is 56.6 Å². The van der Waals surface area contributed by atoms with Crippen molar-refractivity contribution in [2.45, 2.75) is 44.6 Å². The van der Waals surface area contributed by atoms with Crippen molar-refractivity contribution in [2.75, 3.05) is 19.6 Å². The highest BCUT2D eigenvalue weighted by Gasteiger charge is 2.42. The lowest BCUT2D eigenvalue weighted by atomic mass is 9.80. The summed E-state index contributed by atoms with van der Waals surface area (Å²) in [4.78, 5) is 18.5. The predicted molar refractivity (Wildman–Crippen MR) is 130 cm³/mol. The molecule has 4 unspecified atom stereocenters. The summed E-state index contributed by atoms with van der Waals surface area (Å²) in [6, 6.07) is 22.7. The number of benzene rings is 2. The van der Waals surface area contributed by atoms with Crippen LogP contribution in [0.5, 0.6) is 0 Å². The smallest absolute Gasteiger partial charge is 0.255 e. The van der Waals surface area contributed by atoms with E-state index in [1.54, 1.807) is 0 Å². The van der Waals surface area contributed by atoms with Gasteiger partial charge in [-0.3, -0.25) is 9.69 Å². The Kier molecular flexibility index (Phi) is 6.09. The number of hydrogen-bond acceptors (Lipinski definition) is 3. The molecule has 1 amide bonds. The van der Waals surface area contributed by atoms with Gasteiger partial charge in [0.25, 0.3) is 5.91 Å². The first-order chi connectivity index (χ1) is 16.0. The fourth-order valence-corrected chi connectivity index (χ4v) is 5.69. The molecular weight excluding hydrogens is 410 g/mol. The molecule has 1 fully saturated rings. The van der Waals surface area contributed by atoms with Crippen LogP contribution >= 0.6 is 0 Å². The summed E-state index contributed by atoms with van der Waals surface area (Å²) in [6.45, 7) is 7.61. The quantitative estimate of drug-likeness (QED) is 0.578. The first kappa shape index (κ1) is 21.9. The highest BCUT2D eigenvalue weighted by Crippen LogP contribution is 2.44. The molecule has 4 atom stereocenters. The monoisotopic (exact) mass is 443 g/mol. The average Bonchev–Trinajstić information content (AvgIpc) is 3.22. The molecule has 172 valence electrons. The molecule has 0 bridgehead atoms. The Balaban J connectivity index is 1.59. The number of nitrogens with zero attached hydrogens (tertiary/aromatic N) is 3. The van der Waals surface area contributed by atoms with Gasteiger partial charge in [0.1, 0.15) is 0 Å². The molecule has 2 aliphatic heterocycles. The van der Waals surface area contributed by atoms with Gasteiger partial charge in [-0.1, -0.05) is 48.5 Å². The second-order valence-corrected chi connectivity index (χ2v) is 9.58. The molecule has 0 N–H and O–H groups in total. The van der Waals surface area contributed by atoms with Crippen molar-refractivity contribution < 1.29 is 9.53 Å². The van der Waals surface area contributed by atoms with Gasteiger partial charge < -0.3 is 14.2 Å². The second-order valence-electron chi connectivity index (χ2n) is 9.58. The minimum absolute atomic E-state index is 0.0407. The number of amides is 1. The van der Waals surface area contributed by atoms with Crippen molar-refractivity contribution in [1.29, 1.82) is 0 Å². The molecule has 5 heteroatoms. The Bertz CT molecular complexity index is 1100. The standard InChI is InChI=1S/C28H33N3O2/c1-20-16-30(17-21(2)33-20)19-25-23-12-7-8-13-24(23)28(32)31(18-22-10-5-4-6-11-22)27(25)26-14-9-15-29(26)3/h4-15,20-21,25,27H,16-19H2,1-3H3. The van der Waals surface area contributed by atoms with Gasteiger partial charge in [0.2, 0.25) is 0 Å². The molecule has 0 radical (unpaired) electrons. The molecule has 5 nitrogen and oxygen atoms in total. The molecule has 2 aromatic carbocycles. The SMILES string of the molecule is CC1CN(CC2c3ccccc3C(=O)N(Cc3ccccc3)C2c2cccn2C)CC(C)O1. The van der Waals surface area contributed by atoms with Crippen LogP contribution in [0.15, 0.2) is 72.9 Å². The summed E-state index contributed by atoms with van der Waals surface area (Å²) in [5.74, 6) is 0.286. The van der Waals surface area contributed by atoms with Gasteiger partial charge in [0.05, 0.1) is 18.2 Å². The summed E-state index contributed by atoms with van der Waals surface area (Å²) >= 11 is 0. The molecule has 3 aromatic rings. The Morgan fingerprint density at radius 1 is 0.909 bits per heavy atom. The van der Waals surface area contributed by atoms with E-state index in [1.165, 1.54) is 5.69 Å². The summed E-state index contributed by atoms with van der Waals surface area (Å²) in [7, 11) is 2.08. The van der Waals surface area contributed by atoms with Crippen molar-refractivity contribution in [3.05, 3.63) is 95.3 Å². The number of aryl methyl sites for hydroxylation is 1. The van der Waals surface area contributed by atoms with Crippen LogP contribution in [-0.2, 0) is 18.3 Å². The maximum atomic E-state index is 13.9. The number of aromatic nitrogens is 1. The fourth-order valence-electron chi connectivity index (χ4n) is 5.69. The van der Waals surface area contributed by atoms with Crippen molar-refractivity contribution >= 4 is 5.91 Å². The van der Waals surface area contributed by atoms with Crippen LogP contribution in [0, 0.1) is 0 Å². The number of rotatable bonds is 5. The normalized spacial score (nSPS) is 25.8. The number of carbonyl (C=O) groups excluding carboxylic acids is 1. The fraction of sp³-hybridized carbons (Fsp3) is 0.393. The molecule has 2 aliphatic rings.